The van der Waals surface area contributed by atoms with E-state index in [0.717, 1.165) is 50.3 Å². The molecule has 658 valence electrons. The van der Waals surface area contributed by atoms with Gasteiger partial charge in [0, 0.05) is 87.0 Å². The predicted octanol–water partition coefficient (Wildman–Crippen LogP) is -10.5. The third-order valence-electron chi connectivity index (χ3n) is 20.2. The first kappa shape index (κ1) is 94.0. The van der Waals surface area contributed by atoms with Gasteiger partial charge in [0.15, 0.2) is 5.75 Å². The van der Waals surface area contributed by atoms with E-state index >= 15 is 13.8 Å². The normalized spacial score (nSPS) is 28.5. The van der Waals surface area contributed by atoms with E-state index in [-0.39, 0.29) is 22.9 Å². The molecule has 2 aromatic rings. The topological polar surface area (TPSA) is 678 Å². The van der Waals surface area contributed by atoms with Crippen molar-refractivity contribution in [1.82, 2.24) is 88.8 Å². The molecule has 48 heteroatoms. The SMILES string of the molecule is CC[C@H](C)[C@@H]1NC(=O)CNC(=O)[C@@H]2Cc3c([nH]c4cc5c(cc34)NC(=O)C(C)NC(=O)C(C)NC(=O)CCOCCNC(=O)C(N3C(=O)C=CC3=O)C(N3C(=O)C=CC3=O)C(=O)NCCOCCC(=O)NC(C)C(=O)NC(C)C(=O)O5)S(=O)C[C@H](NC(=O)CNC1=O)C(=O)N[C@@H](CC(=O)O)C(=O)N1C[C@H](O)C[C@H]1C(=O)N[C@@H](C(C)[C@@H](O)CO)C(=O)N2. The van der Waals surface area contributed by atoms with Crippen molar-refractivity contribution in [2.45, 2.75) is 177 Å². The van der Waals surface area contributed by atoms with Crippen LogP contribution in [0.25, 0.3) is 10.9 Å². The van der Waals surface area contributed by atoms with Crippen molar-refractivity contribution < 1.29 is 140 Å². The van der Waals surface area contributed by atoms with Gasteiger partial charge in [-0.3, -0.25) is 110 Å². The second-order valence-electron chi connectivity index (χ2n) is 29.1. The molecule has 19 amide bonds. The molecule has 0 radical (unpaired) electrons. The van der Waals surface area contributed by atoms with Crippen LogP contribution in [-0.2, 0) is 127 Å². The van der Waals surface area contributed by atoms with E-state index in [0.29, 0.717) is 14.7 Å². The number of aromatic nitrogens is 1. The summed E-state index contributed by atoms with van der Waals surface area (Å²) < 4.78 is 32.6. The van der Waals surface area contributed by atoms with Crippen molar-refractivity contribution in [3.05, 3.63) is 42.0 Å². The molecule has 0 aliphatic carbocycles. The molecule has 17 atom stereocenters. The van der Waals surface area contributed by atoms with Gasteiger partial charge in [-0.2, -0.15) is 0 Å². The molecule has 121 heavy (non-hydrogen) atoms. The third-order valence-corrected chi connectivity index (χ3v) is 21.7. The molecule has 1 aromatic carbocycles. The number of carbonyl (C=O) groups excluding carboxylic acids is 20. The Labute approximate surface area is 690 Å². The minimum atomic E-state index is -2.85. The number of nitrogens with zero attached hydrogens (tertiary/aromatic N) is 3. The highest BCUT2D eigenvalue weighted by atomic mass is 32.2. The Bertz CT molecular complexity index is 4520. The number of aromatic amines is 1. The fraction of sp³-hybridized carbons (Fsp3) is 0.548. The van der Waals surface area contributed by atoms with Crippen LogP contribution in [-0.4, -0.2) is 325 Å². The van der Waals surface area contributed by atoms with Crippen LogP contribution in [0.5, 0.6) is 5.75 Å². The zero-order valence-corrected chi connectivity index (χ0v) is 67.3. The lowest BCUT2D eigenvalue weighted by atomic mass is 9.93. The molecule has 7 heterocycles. The number of amides is 19. The zero-order valence-electron chi connectivity index (χ0n) is 66.5. The average molecular weight is 1720 g/mol. The van der Waals surface area contributed by atoms with Gasteiger partial charge in [-0.05, 0) is 45.2 Å². The van der Waals surface area contributed by atoms with Gasteiger partial charge in [-0.1, -0.05) is 27.2 Å². The van der Waals surface area contributed by atoms with Crippen molar-refractivity contribution >= 4 is 152 Å². The summed E-state index contributed by atoms with van der Waals surface area (Å²) >= 11 is 0. The van der Waals surface area contributed by atoms with Gasteiger partial charge in [0.1, 0.15) is 77.5 Å². The molecule has 1 fully saturated rings. The highest BCUT2D eigenvalue weighted by molar-refractivity contribution is 7.85. The molecule has 0 saturated carbocycles. The van der Waals surface area contributed by atoms with E-state index in [1.54, 1.807) is 13.8 Å². The summed E-state index contributed by atoms with van der Waals surface area (Å²) in [5.74, 6) is -28.5. The maximum absolute atomic E-state index is 15.7. The van der Waals surface area contributed by atoms with Crippen molar-refractivity contribution in [3.63, 3.8) is 0 Å². The van der Waals surface area contributed by atoms with E-state index < -0.39 is 352 Å². The summed E-state index contributed by atoms with van der Waals surface area (Å²) in [7, 11) is -2.85. The number of carboxylic acid groups (broad SMARTS) is 1. The van der Waals surface area contributed by atoms with Crippen LogP contribution in [0.2, 0.25) is 0 Å². The third kappa shape index (κ3) is 24.4. The number of hydrogen-bond acceptors (Lipinski definition) is 28. The summed E-state index contributed by atoms with van der Waals surface area (Å²) in [6.45, 7) is 2.91. The number of aliphatic hydroxyl groups is 3. The first-order valence-electron chi connectivity index (χ1n) is 38.4. The van der Waals surface area contributed by atoms with Gasteiger partial charge >= 0.3 is 11.9 Å². The number of H-pyrrole nitrogens is 1. The van der Waals surface area contributed by atoms with Crippen molar-refractivity contribution in [3.8, 4) is 5.75 Å². The first-order valence-corrected chi connectivity index (χ1v) is 39.7. The lowest BCUT2D eigenvalue weighted by molar-refractivity contribution is -0.156. The number of rotatable bonds is 9. The smallest absolute Gasteiger partial charge is 0.333 e. The molecule has 2 bridgehead atoms. The van der Waals surface area contributed by atoms with E-state index in [4.69, 9.17) is 14.2 Å². The lowest BCUT2D eigenvalue weighted by Crippen LogP contribution is -2.66. The highest BCUT2D eigenvalue weighted by Gasteiger charge is 2.51. The second kappa shape index (κ2) is 42.4. The summed E-state index contributed by atoms with van der Waals surface area (Å²) in [5, 5.41) is 75.1. The Morgan fingerprint density at radius 2 is 1.09 bits per heavy atom. The Morgan fingerprint density at radius 3 is 1.63 bits per heavy atom. The molecule has 0 spiro atoms. The molecular weight excluding hydrogens is 1620 g/mol. The van der Waals surface area contributed by atoms with E-state index in [1.807, 2.05) is 0 Å². The number of hydrogen-bond donors (Lipinski definition) is 19. The van der Waals surface area contributed by atoms with Gasteiger partial charge < -0.3 is 119 Å². The van der Waals surface area contributed by atoms with E-state index in [2.05, 4.69) is 79.4 Å². The molecular formula is C73H96N18O29S. The van der Waals surface area contributed by atoms with Crippen molar-refractivity contribution in [2.24, 2.45) is 11.8 Å². The van der Waals surface area contributed by atoms with Crippen LogP contribution in [0.1, 0.15) is 86.1 Å². The zero-order chi connectivity index (χ0) is 89.1. The number of imide groups is 2. The molecule has 8 unspecified atom stereocenters. The maximum atomic E-state index is 15.7. The number of fused-ring (bicyclic) bond motifs is 6. The summed E-state index contributed by atoms with van der Waals surface area (Å²) in [6, 6.07) is -20.3. The van der Waals surface area contributed by atoms with Crippen LogP contribution in [0.4, 0.5) is 5.69 Å². The van der Waals surface area contributed by atoms with Gasteiger partial charge in [0.25, 0.3) is 23.6 Å². The van der Waals surface area contributed by atoms with Gasteiger partial charge in [-0.15, -0.1) is 0 Å². The number of esters is 1. The number of aliphatic carboxylic acids is 1. The number of anilines is 1. The Hall–Kier alpha value is -12.5. The fourth-order valence-electron chi connectivity index (χ4n) is 13.3. The predicted molar refractivity (Wildman–Crippen MR) is 410 cm³/mol. The molecule has 1 aromatic heterocycles. The van der Waals surface area contributed by atoms with Crippen molar-refractivity contribution in [2.75, 3.05) is 76.8 Å². The fourth-order valence-corrected chi connectivity index (χ4v) is 14.7. The monoisotopic (exact) mass is 1720 g/mol. The molecule has 6 aliphatic rings. The van der Waals surface area contributed by atoms with Crippen LogP contribution >= 0.6 is 0 Å². The first-order chi connectivity index (χ1) is 57.2. The lowest BCUT2D eigenvalue weighted by Gasteiger charge is -2.35. The van der Waals surface area contributed by atoms with Crippen LogP contribution in [0.15, 0.2) is 41.5 Å². The Balaban J connectivity index is 1.20. The molecule has 1 saturated heterocycles. The highest BCUT2D eigenvalue weighted by Crippen LogP contribution is 2.37. The summed E-state index contributed by atoms with van der Waals surface area (Å²) in [4.78, 5) is 297. The van der Waals surface area contributed by atoms with E-state index in [9.17, 15) is 112 Å². The van der Waals surface area contributed by atoms with Crippen LogP contribution in [0.3, 0.4) is 0 Å². The molecule has 19 N–H and O–H groups in total. The Kier molecular flexibility index (Phi) is 32.9. The molecule has 8 rings (SSSR count). The number of carboxylic acids is 1. The van der Waals surface area contributed by atoms with Crippen LogP contribution in [0, 0.1) is 11.8 Å². The van der Waals surface area contributed by atoms with Gasteiger partial charge in [0.2, 0.25) is 88.6 Å². The number of ether oxygens (including phenoxy) is 3. The minimum absolute atomic E-state index is 0.225. The number of nitrogens with one attached hydrogen (secondary N) is 15. The van der Waals surface area contributed by atoms with E-state index in [1.165, 1.54) is 20.8 Å². The van der Waals surface area contributed by atoms with Crippen molar-refractivity contribution in [1.29, 1.82) is 0 Å². The number of carbonyl (C=O) groups is 21. The standard InChI is InChI=1S/C73H96N18O29S/c1-8-31(2)57-67(111)77-26-50(97)82-44-30-121(117)71-39(23-42(64(108)76-27-51(98)87-57)84-68(112)58(32(3)46(94)29-92)88-66(110)45-21-37(93)28-89(45)72(115)43(25-56(103)104)85-65(44)109)38-22-41-47(24-40(38)86-71)120-73(116)36(7)81-62(106)34(5)79-49(96)14-18-119-20-16-75-70(114)60(91-54(101)11-12-55(91)102)59(90-52(99)9-10-53(90)100)69(113)74-15-19-118-17-13-48(95)78-33(4)61(105)80-35(6)63(107)83-41/h9-12,22,24,31-37,42-46,57-60,86,92-94H,8,13-21,23,25-30H2,1-7H3,(H,74,113)(H,75,114)(H,76,108)(H,77,111)(H,78,95)(H,79,96)(H,80,105)(H,81,106)(H,82,97)(H,83,107)(H,84,112)(H,85,109)(H,87,98)(H,88,110)(H,103,104)/t31-,32?,33?,34?,35?,36?,37+,42-,43-,44-,45-,46-,57-,58-,59?,60?,121?/m0/s1. The minimum Gasteiger partial charge on any atom is -0.481 e. The number of benzene rings is 1. The largest absolute Gasteiger partial charge is 0.481 e. The van der Waals surface area contributed by atoms with Gasteiger partial charge in [0.05, 0.1) is 92.5 Å². The summed E-state index contributed by atoms with van der Waals surface area (Å²) in [5.41, 5.74) is -1.16. The maximum Gasteiger partial charge on any atom is 0.333 e. The summed E-state index contributed by atoms with van der Waals surface area (Å²) in [6.07, 6.45) is -3.74. The Morgan fingerprint density at radius 1 is 0.562 bits per heavy atom. The quantitative estimate of drug-likeness (QED) is 0.0630. The molecule has 6 aliphatic heterocycles. The molecule has 47 nitrogen and oxygen atoms in total. The second-order valence-corrected chi connectivity index (χ2v) is 30.6. The number of aliphatic hydroxyl groups excluding tert-OH is 3. The van der Waals surface area contributed by atoms with Gasteiger partial charge in [-0.25, -0.2) is 4.79 Å². The van der Waals surface area contributed by atoms with Crippen LogP contribution < -0.4 is 79.2 Å². The average Bonchev–Trinajstić information content (AvgIpc) is 1.63.